The van der Waals surface area contributed by atoms with Gasteiger partial charge in [0.1, 0.15) is 10.6 Å². The largest absolute Gasteiger partial charge is 0.481 e. The second-order valence-electron chi connectivity index (χ2n) is 12.2. The van der Waals surface area contributed by atoms with Crippen LogP contribution in [-0.4, -0.2) is 30.7 Å². The highest BCUT2D eigenvalue weighted by Gasteiger charge is 2.30. The zero-order valence-electron chi connectivity index (χ0n) is 22.8. The van der Waals surface area contributed by atoms with Crippen molar-refractivity contribution in [2.45, 2.75) is 103 Å². The Hall–Kier alpha value is -2.32. The zero-order valence-corrected chi connectivity index (χ0v) is 23.6. The molecular formula is C28H42N2O5S. The summed E-state index contributed by atoms with van der Waals surface area (Å²) >= 11 is 0. The van der Waals surface area contributed by atoms with Crippen LogP contribution in [-0.2, 0) is 32.2 Å². The number of hydrogen-bond acceptors (Lipinski definition) is 4. The Morgan fingerprint density at radius 3 is 2.00 bits per heavy atom. The molecule has 0 spiro atoms. The topological polar surface area (TPSA) is 112 Å². The summed E-state index contributed by atoms with van der Waals surface area (Å²) in [6, 6.07) is 5.73. The summed E-state index contributed by atoms with van der Waals surface area (Å²) in [5, 5.41) is 14.9. The van der Waals surface area contributed by atoms with Crippen LogP contribution < -0.4 is 9.88 Å². The molecule has 3 rings (SSSR count). The number of sulfonamides is 1. The van der Waals surface area contributed by atoms with E-state index in [2.05, 4.69) is 46.1 Å². The first-order valence-electron chi connectivity index (χ1n) is 12.8. The van der Waals surface area contributed by atoms with E-state index in [9.17, 15) is 18.3 Å². The molecule has 1 fully saturated rings. The van der Waals surface area contributed by atoms with Gasteiger partial charge >= 0.3 is 5.97 Å². The second kappa shape index (κ2) is 10.2. The van der Waals surface area contributed by atoms with Gasteiger partial charge in [-0.3, -0.25) is 0 Å². The van der Waals surface area contributed by atoms with Gasteiger partial charge in [0.15, 0.2) is 6.61 Å². The molecule has 1 aliphatic rings. The SMILES string of the molecule is Cc1c(S(N)(=O)=O)cc(-c2cc(C(C)(C)C)c(OCC(=O)O)c(C(C)(C)C)c2)n1CC1CCCCC1. The fourth-order valence-electron chi connectivity index (χ4n) is 5.19. The van der Waals surface area contributed by atoms with E-state index in [1.165, 1.54) is 19.3 Å². The van der Waals surface area contributed by atoms with Gasteiger partial charge in [-0.05, 0) is 60.3 Å². The van der Waals surface area contributed by atoms with E-state index in [0.717, 1.165) is 41.8 Å². The van der Waals surface area contributed by atoms with Crippen molar-refractivity contribution in [1.82, 2.24) is 4.57 Å². The quantitative estimate of drug-likeness (QED) is 0.485. The third kappa shape index (κ3) is 6.32. The van der Waals surface area contributed by atoms with E-state index in [1.807, 2.05) is 19.1 Å². The summed E-state index contributed by atoms with van der Waals surface area (Å²) in [7, 11) is -3.90. The number of primary sulfonamides is 1. The van der Waals surface area contributed by atoms with Gasteiger partial charge in [-0.1, -0.05) is 60.8 Å². The van der Waals surface area contributed by atoms with Crippen LogP contribution in [0.15, 0.2) is 23.1 Å². The van der Waals surface area contributed by atoms with Crippen molar-refractivity contribution < 1.29 is 23.1 Å². The Morgan fingerprint density at radius 1 is 1.03 bits per heavy atom. The summed E-state index contributed by atoms with van der Waals surface area (Å²) in [5.74, 6) is 0.0303. The first-order chi connectivity index (χ1) is 16.5. The lowest BCUT2D eigenvalue weighted by Crippen LogP contribution is -2.22. The number of benzene rings is 1. The van der Waals surface area contributed by atoms with Crippen molar-refractivity contribution in [3.8, 4) is 17.0 Å². The van der Waals surface area contributed by atoms with Crippen molar-refractivity contribution in [2.75, 3.05) is 6.61 Å². The molecule has 0 amide bonds. The van der Waals surface area contributed by atoms with Crippen molar-refractivity contribution in [1.29, 1.82) is 0 Å². The number of carboxylic acids is 1. The van der Waals surface area contributed by atoms with Crippen LogP contribution in [0.3, 0.4) is 0 Å². The molecule has 0 atom stereocenters. The summed E-state index contributed by atoms with van der Waals surface area (Å²) in [6.45, 7) is 14.5. The summed E-state index contributed by atoms with van der Waals surface area (Å²) in [6.07, 6.45) is 5.90. The minimum atomic E-state index is -3.90. The molecule has 1 saturated carbocycles. The standard InChI is InChI=1S/C28H42N2O5S/c1-18-24(36(29,33)34)15-23(30(18)16-19-11-9-8-10-12-19)20-13-21(27(2,3)4)26(35-17-25(31)32)22(14-20)28(5,6)7/h13-15,19H,8-12,16-17H2,1-7H3,(H,31,32)(H2,29,33,34). The molecule has 0 aliphatic heterocycles. The Morgan fingerprint density at radius 2 is 1.56 bits per heavy atom. The van der Waals surface area contributed by atoms with Crippen LogP contribution in [0.4, 0.5) is 0 Å². The molecule has 1 heterocycles. The highest BCUT2D eigenvalue weighted by atomic mass is 32.2. The number of hydrogen-bond donors (Lipinski definition) is 2. The van der Waals surface area contributed by atoms with Gasteiger partial charge in [-0.2, -0.15) is 0 Å². The Bertz CT molecular complexity index is 1190. The lowest BCUT2D eigenvalue weighted by Gasteiger charge is -2.31. The molecular weight excluding hydrogens is 476 g/mol. The third-order valence-corrected chi connectivity index (χ3v) is 8.16. The van der Waals surface area contributed by atoms with Gasteiger partial charge in [-0.15, -0.1) is 0 Å². The maximum absolute atomic E-state index is 12.5. The molecule has 0 saturated heterocycles. The maximum atomic E-state index is 12.5. The summed E-state index contributed by atoms with van der Waals surface area (Å²) < 4.78 is 33.0. The molecule has 3 N–H and O–H groups in total. The third-order valence-electron chi connectivity index (χ3n) is 7.13. The lowest BCUT2D eigenvalue weighted by molar-refractivity contribution is -0.139. The Balaban J connectivity index is 2.30. The molecule has 0 unspecified atom stereocenters. The van der Waals surface area contributed by atoms with Crippen LogP contribution >= 0.6 is 0 Å². The van der Waals surface area contributed by atoms with E-state index in [-0.39, 0.29) is 15.7 Å². The molecule has 2 aromatic rings. The molecule has 200 valence electrons. The van der Waals surface area contributed by atoms with Crippen molar-refractivity contribution in [2.24, 2.45) is 11.1 Å². The van der Waals surface area contributed by atoms with Gasteiger partial charge in [0.2, 0.25) is 10.0 Å². The average Bonchev–Trinajstić information content (AvgIpc) is 3.07. The second-order valence-corrected chi connectivity index (χ2v) is 13.8. The van der Waals surface area contributed by atoms with E-state index >= 15 is 0 Å². The van der Waals surface area contributed by atoms with E-state index in [0.29, 0.717) is 17.4 Å². The number of nitrogens with zero attached hydrogens (tertiary/aromatic N) is 1. The van der Waals surface area contributed by atoms with Crippen LogP contribution in [0.25, 0.3) is 11.3 Å². The highest BCUT2D eigenvalue weighted by molar-refractivity contribution is 7.89. The van der Waals surface area contributed by atoms with Crippen LogP contribution in [0.2, 0.25) is 0 Å². The average molecular weight is 519 g/mol. The predicted octanol–water partition coefficient (Wildman–Crippen LogP) is 5.75. The smallest absolute Gasteiger partial charge is 0.341 e. The molecule has 1 aromatic heterocycles. The highest BCUT2D eigenvalue weighted by Crippen LogP contribution is 2.44. The molecule has 8 heteroatoms. The van der Waals surface area contributed by atoms with Crippen LogP contribution in [0, 0.1) is 12.8 Å². The van der Waals surface area contributed by atoms with Crippen molar-refractivity contribution in [3.63, 3.8) is 0 Å². The number of aromatic nitrogens is 1. The van der Waals surface area contributed by atoms with E-state index in [1.54, 1.807) is 6.07 Å². The summed E-state index contributed by atoms with van der Waals surface area (Å²) in [4.78, 5) is 11.5. The minimum absolute atomic E-state index is 0.147. The monoisotopic (exact) mass is 518 g/mol. The van der Waals surface area contributed by atoms with Crippen molar-refractivity contribution >= 4 is 16.0 Å². The molecule has 0 radical (unpaired) electrons. The number of carboxylic acid groups (broad SMARTS) is 1. The van der Waals surface area contributed by atoms with Gasteiger partial charge in [0.25, 0.3) is 0 Å². The Kier molecular flexibility index (Phi) is 8.01. The zero-order chi connectivity index (χ0) is 27.1. The van der Waals surface area contributed by atoms with Crippen molar-refractivity contribution in [3.05, 3.63) is 35.0 Å². The number of rotatable bonds is 7. The maximum Gasteiger partial charge on any atom is 0.341 e. The van der Waals surface area contributed by atoms with Gasteiger partial charge < -0.3 is 14.4 Å². The number of carbonyl (C=O) groups is 1. The minimum Gasteiger partial charge on any atom is -0.481 e. The first kappa shape index (κ1) is 28.3. The van der Waals surface area contributed by atoms with Crippen LogP contribution in [0.1, 0.15) is 90.5 Å². The number of aliphatic carboxylic acids is 1. The number of ether oxygens (including phenoxy) is 1. The fraction of sp³-hybridized carbons (Fsp3) is 0.607. The normalized spacial score (nSPS) is 15.8. The van der Waals surface area contributed by atoms with Gasteiger partial charge in [-0.25, -0.2) is 18.4 Å². The van der Waals surface area contributed by atoms with E-state index in [4.69, 9.17) is 9.88 Å². The van der Waals surface area contributed by atoms with Gasteiger partial charge in [0.05, 0.1) is 0 Å². The molecule has 36 heavy (non-hydrogen) atoms. The Labute approximate surface area is 216 Å². The summed E-state index contributed by atoms with van der Waals surface area (Å²) in [5.41, 5.74) is 3.41. The molecule has 1 aliphatic carbocycles. The lowest BCUT2D eigenvalue weighted by atomic mass is 9.78. The molecule has 1 aromatic carbocycles. The molecule has 7 nitrogen and oxygen atoms in total. The number of nitrogens with two attached hydrogens (primary N) is 1. The predicted molar refractivity (Wildman–Crippen MR) is 143 cm³/mol. The van der Waals surface area contributed by atoms with Gasteiger partial charge in [0, 0.05) is 29.1 Å². The molecule has 0 bridgehead atoms. The van der Waals surface area contributed by atoms with E-state index < -0.39 is 22.6 Å². The fourth-order valence-corrected chi connectivity index (χ4v) is 5.99. The first-order valence-corrected chi connectivity index (χ1v) is 14.3. The van der Waals surface area contributed by atoms with Crippen LogP contribution in [0.5, 0.6) is 5.75 Å².